The maximum atomic E-state index is 12.3. The van der Waals surface area contributed by atoms with E-state index in [-0.39, 0.29) is 18.2 Å². The molecule has 1 fully saturated rings. The summed E-state index contributed by atoms with van der Waals surface area (Å²) in [5.74, 6) is -1.51. The molecule has 2 atom stereocenters. The second-order valence-corrected chi connectivity index (χ2v) is 7.57. The van der Waals surface area contributed by atoms with E-state index in [0.717, 1.165) is 31.4 Å². The van der Waals surface area contributed by atoms with Crippen LogP contribution in [0.2, 0.25) is 0 Å². The van der Waals surface area contributed by atoms with Gasteiger partial charge in [-0.2, -0.15) is 0 Å². The summed E-state index contributed by atoms with van der Waals surface area (Å²) >= 11 is 0. The molecule has 1 saturated carbocycles. The zero-order valence-electron chi connectivity index (χ0n) is 16.9. The number of carbonyl (C=O) groups excluding carboxylic acids is 1. The summed E-state index contributed by atoms with van der Waals surface area (Å²) in [5, 5.41) is 32.9. The third-order valence-corrected chi connectivity index (χ3v) is 5.54. The largest absolute Gasteiger partial charge is 0.504 e. The number of nitro benzene ring substituents is 1. The van der Waals surface area contributed by atoms with Gasteiger partial charge in [-0.05, 0) is 25.2 Å². The van der Waals surface area contributed by atoms with E-state index in [0.29, 0.717) is 22.9 Å². The van der Waals surface area contributed by atoms with E-state index in [2.05, 4.69) is 20.3 Å². The van der Waals surface area contributed by atoms with Gasteiger partial charge >= 0.3 is 0 Å². The number of amides is 1. The minimum absolute atomic E-state index is 0.167. The van der Waals surface area contributed by atoms with Gasteiger partial charge < -0.3 is 25.8 Å². The molecule has 12 heteroatoms. The van der Waals surface area contributed by atoms with Gasteiger partial charge in [-0.3, -0.25) is 14.9 Å². The molecule has 1 amide bonds. The number of aromatic hydroxyl groups is 2. The van der Waals surface area contributed by atoms with Crippen LogP contribution in [-0.4, -0.2) is 47.1 Å². The zero-order chi connectivity index (χ0) is 22.8. The number of rotatable bonds is 6. The highest BCUT2D eigenvalue weighted by Gasteiger charge is 2.26. The molecule has 1 aliphatic carbocycles. The van der Waals surface area contributed by atoms with E-state index in [1.807, 2.05) is 10.6 Å². The predicted molar refractivity (Wildman–Crippen MR) is 114 cm³/mol. The highest BCUT2D eigenvalue weighted by atomic mass is 16.6. The standard InChI is InChI=1S/C20H21N7O5/c21-18-16-19(24-9-23-18)26(10-25-16)12-4-3-11(6-12)2-1-5-22-20(30)14-7-13(27(31)32)8-15(28)17(14)29/h1-2,7-12,28-29H,3-6H2,(H,22,30)(H2,21,23,24)/b2-1+/t11-,12+/m1/s1. The minimum atomic E-state index is -0.754. The minimum Gasteiger partial charge on any atom is -0.504 e. The molecule has 2 heterocycles. The van der Waals surface area contributed by atoms with Gasteiger partial charge in [0.15, 0.2) is 23.0 Å². The van der Waals surface area contributed by atoms with Crippen LogP contribution in [-0.2, 0) is 0 Å². The van der Waals surface area contributed by atoms with Crippen LogP contribution >= 0.6 is 0 Å². The van der Waals surface area contributed by atoms with E-state index in [4.69, 9.17) is 5.73 Å². The summed E-state index contributed by atoms with van der Waals surface area (Å²) < 4.78 is 2.01. The molecule has 4 rings (SSSR count). The van der Waals surface area contributed by atoms with E-state index < -0.39 is 28.0 Å². The Hall–Kier alpha value is -4.22. The number of allylic oxidation sites excluding steroid dienone is 1. The lowest BCUT2D eigenvalue weighted by molar-refractivity contribution is -0.385. The van der Waals surface area contributed by atoms with E-state index in [9.17, 15) is 25.1 Å². The third kappa shape index (κ3) is 4.02. The predicted octanol–water partition coefficient (Wildman–Crippen LogP) is 2.06. The van der Waals surface area contributed by atoms with Gasteiger partial charge in [0.2, 0.25) is 0 Å². The molecule has 0 unspecified atom stereocenters. The lowest BCUT2D eigenvalue weighted by Gasteiger charge is -2.12. The van der Waals surface area contributed by atoms with E-state index in [1.165, 1.54) is 6.33 Å². The van der Waals surface area contributed by atoms with Crippen molar-refractivity contribution in [3.63, 3.8) is 0 Å². The maximum absolute atomic E-state index is 12.3. The van der Waals surface area contributed by atoms with Crippen molar-refractivity contribution in [3.05, 3.63) is 52.6 Å². The number of hydrogen-bond donors (Lipinski definition) is 4. The number of anilines is 1. The number of nitrogen functional groups attached to an aromatic ring is 1. The van der Waals surface area contributed by atoms with Crippen molar-refractivity contribution >= 4 is 28.6 Å². The van der Waals surface area contributed by atoms with Crippen molar-refractivity contribution in [2.45, 2.75) is 25.3 Å². The van der Waals surface area contributed by atoms with Crippen LogP contribution in [0.25, 0.3) is 11.2 Å². The molecule has 32 heavy (non-hydrogen) atoms. The van der Waals surface area contributed by atoms with Crippen LogP contribution in [0.4, 0.5) is 11.5 Å². The Balaban J connectivity index is 1.35. The van der Waals surface area contributed by atoms with Crippen LogP contribution in [0.15, 0.2) is 36.9 Å². The Morgan fingerprint density at radius 1 is 1.31 bits per heavy atom. The molecule has 2 aromatic heterocycles. The molecule has 1 aliphatic rings. The molecule has 0 bridgehead atoms. The van der Waals surface area contributed by atoms with Crippen molar-refractivity contribution in [1.82, 2.24) is 24.8 Å². The van der Waals surface area contributed by atoms with Gasteiger partial charge in [0.25, 0.3) is 11.6 Å². The van der Waals surface area contributed by atoms with Gasteiger partial charge in [0.1, 0.15) is 11.8 Å². The number of benzene rings is 1. The molecule has 12 nitrogen and oxygen atoms in total. The van der Waals surface area contributed by atoms with Crippen LogP contribution < -0.4 is 11.1 Å². The highest BCUT2D eigenvalue weighted by molar-refractivity contribution is 5.98. The molecule has 166 valence electrons. The lowest BCUT2D eigenvalue weighted by atomic mass is 10.1. The van der Waals surface area contributed by atoms with Gasteiger partial charge in [-0.1, -0.05) is 12.2 Å². The fourth-order valence-electron chi connectivity index (χ4n) is 3.95. The first kappa shape index (κ1) is 21.0. The Morgan fingerprint density at radius 2 is 2.12 bits per heavy atom. The van der Waals surface area contributed by atoms with E-state index >= 15 is 0 Å². The van der Waals surface area contributed by atoms with Crippen LogP contribution in [0.5, 0.6) is 11.5 Å². The van der Waals surface area contributed by atoms with Crippen molar-refractivity contribution in [1.29, 1.82) is 0 Å². The highest BCUT2D eigenvalue weighted by Crippen LogP contribution is 2.37. The van der Waals surface area contributed by atoms with Crippen LogP contribution in [0.3, 0.4) is 0 Å². The maximum Gasteiger partial charge on any atom is 0.274 e. The first-order chi connectivity index (χ1) is 15.3. The van der Waals surface area contributed by atoms with Gasteiger partial charge in [0.05, 0.1) is 22.9 Å². The molecule has 0 spiro atoms. The Bertz CT molecular complexity index is 1220. The summed E-state index contributed by atoms with van der Waals surface area (Å²) in [4.78, 5) is 35.0. The zero-order valence-corrected chi connectivity index (χ0v) is 16.9. The summed E-state index contributed by atoms with van der Waals surface area (Å²) in [6.45, 7) is 0.167. The smallest absolute Gasteiger partial charge is 0.274 e. The molecule has 5 N–H and O–H groups in total. The molecule has 0 radical (unpaired) electrons. The Labute approximate surface area is 181 Å². The van der Waals surface area contributed by atoms with Crippen LogP contribution in [0.1, 0.15) is 35.7 Å². The van der Waals surface area contributed by atoms with Crippen molar-refractivity contribution in [2.75, 3.05) is 12.3 Å². The third-order valence-electron chi connectivity index (χ3n) is 5.54. The summed E-state index contributed by atoms with van der Waals surface area (Å²) in [7, 11) is 0. The number of phenolic OH excluding ortho intramolecular Hbond substituents is 2. The normalized spacial score (nSPS) is 18.4. The number of nitrogens with two attached hydrogens (primary N) is 1. The lowest BCUT2D eigenvalue weighted by Crippen LogP contribution is -2.23. The van der Waals surface area contributed by atoms with E-state index in [1.54, 1.807) is 12.4 Å². The topological polar surface area (TPSA) is 182 Å². The molecule has 0 saturated heterocycles. The second-order valence-electron chi connectivity index (χ2n) is 7.57. The Kier molecular flexibility index (Phi) is 5.58. The summed E-state index contributed by atoms with van der Waals surface area (Å²) in [6.07, 6.45) is 9.72. The summed E-state index contributed by atoms with van der Waals surface area (Å²) in [5.41, 5.74) is 6.29. The number of hydrogen-bond acceptors (Lipinski definition) is 9. The summed E-state index contributed by atoms with van der Waals surface area (Å²) in [6, 6.07) is 1.93. The molecular weight excluding hydrogens is 418 g/mol. The number of nitrogens with zero attached hydrogens (tertiary/aromatic N) is 5. The number of carbonyl (C=O) groups is 1. The second kappa shape index (κ2) is 8.49. The van der Waals surface area contributed by atoms with Crippen molar-refractivity contribution in [3.8, 4) is 11.5 Å². The first-order valence-corrected chi connectivity index (χ1v) is 9.93. The Morgan fingerprint density at radius 3 is 2.91 bits per heavy atom. The fourth-order valence-corrected chi connectivity index (χ4v) is 3.95. The quantitative estimate of drug-likeness (QED) is 0.193. The monoisotopic (exact) mass is 439 g/mol. The first-order valence-electron chi connectivity index (χ1n) is 9.93. The molecular formula is C20H21N7O5. The number of imidazole rings is 1. The van der Waals surface area contributed by atoms with Crippen LogP contribution in [0, 0.1) is 16.0 Å². The fraction of sp³-hybridized carbons (Fsp3) is 0.300. The molecule has 3 aromatic rings. The SMILES string of the molecule is Nc1ncnc2c1ncn2[C@H]1CC[C@@H](/C=C/CNC(=O)c2cc([N+](=O)[O-])cc(O)c2O)C1. The van der Waals surface area contributed by atoms with Crippen molar-refractivity contribution in [2.24, 2.45) is 5.92 Å². The average molecular weight is 439 g/mol. The van der Waals surface area contributed by atoms with Gasteiger partial charge in [-0.15, -0.1) is 0 Å². The van der Waals surface area contributed by atoms with Gasteiger partial charge in [0, 0.05) is 18.7 Å². The molecule has 1 aromatic carbocycles. The number of aromatic nitrogens is 4. The number of nitro groups is 1. The molecule has 0 aliphatic heterocycles. The number of non-ortho nitro benzene ring substituents is 1. The van der Waals surface area contributed by atoms with Gasteiger partial charge in [-0.25, -0.2) is 15.0 Å². The number of fused-ring (bicyclic) bond motifs is 1. The number of nitrogens with one attached hydrogen (secondary N) is 1. The number of phenols is 2. The average Bonchev–Trinajstić information content (AvgIpc) is 3.40. The van der Waals surface area contributed by atoms with Crippen molar-refractivity contribution < 1.29 is 19.9 Å².